The molecule has 1 rings (SSSR count). The molecule has 0 aliphatic carbocycles. The summed E-state index contributed by atoms with van der Waals surface area (Å²) in [4.78, 5) is 0. The van der Waals surface area contributed by atoms with Gasteiger partial charge in [0.25, 0.3) is 0 Å². The number of benzene rings is 1. The Morgan fingerprint density at radius 3 is 2.53 bits per heavy atom. The predicted molar refractivity (Wildman–Crippen MR) is 79.6 cm³/mol. The summed E-state index contributed by atoms with van der Waals surface area (Å²) in [5.74, 6) is 1.34. The van der Waals surface area contributed by atoms with Gasteiger partial charge in [-0.1, -0.05) is 26.0 Å². The van der Waals surface area contributed by atoms with Crippen molar-refractivity contribution >= 4 is 19.7 Å². The Labute approximate surface area is 120 Å². The van der Waals surface area contributed by atoms with Crippen LogP contribution >= 0.6 is 10.7 Å². The number of hydrogen-bond donors (Lipinski definition) is 0. The first-order chi connectivity index (χ1) is 8.79. The lowest BCUT2D eigenvalue weighted by molar-refractivity contribution is 0.307. The summed E-state index contributed by atoms with van der Waals surface area (Å²) in [6.45, 7) is 6.79. The minimum absolute atomic E-state index is 0.00291. The van der Waals surface area contributed by atoms with Crippen LogP contribution in [0.25, 0.3) is 0 Å². The fourth-order valence-electron chi connectivity index (χ4n) is 1.69. The van der Waals surface area contributed by atoms with Gasteiger partial charge in [0.1, 0.15) is 5.75 Å². The van der Waals surface area contributed by atoms with Gasteiger partial charge in [0.2, 0.25) is 9.05 Å². The lowest BCUT2D eigenvalue weighted by Crippen LogP contribution is -2.03. The first kappa shape index (κ1) is 16.3. The van der Waals surface area contributed by atoms with E-state index in [0.717, 1.165) is 11.3 Å². The van der Waals surface area contributed by atoms with E-state index in [-0.39, 0.29) is 5.75 Å². The van der Waals surface area contributed by atoms with Gasteiger partial charge in [-0.25, -0.2) is 8.42 Å². The van der Waals surface area contributed by atoms with Crippen LogP contribution in [0.2, 0.25) is 0 Å². The van der Waals surface area contributed by atoms with Gasteiger partial charge < -0.3 is 4.74 Å². The van der Waals surface area contributed by atoms with Gasteiger partial charge in [-0.05, 0) is 42.9 Å². The van der Waals surface area contributed by atoms with Crippen molar-refractivity contribution in [2.45, 2.75) is 39.5 Å². The topological polar surface area (TPSA) is 43.4 Å². The van der Waals surface area contributed by atoms with Crippen LogP contribution in [0.4, 0.5) is 0 Å². The molecule has 108 valence electrons. The molecule has 0 saturated carbocycles. The SMILES string of the molecule is Cc1ccc(C(C)C)cc1OCCCCS(=O)(=O)Cl. The summed E-state index contributed by atoms with van der Waals surface area (Å²) in [7, 11) is 1.76. The zero-order chi connectivity index (χ0) is 14.5. The van der Waals surface area contributed by atoms with Crippen LogP contribution < -0.4 is 4.74 Å². The molecule has 3 nitrogen and oxygen atoms in total. The maximum absolute atomic E-state index is 10.8. The van der Waals surface area contributed by atoms with E-state index in [0.29, 0.717) is 25.4 Å². The van der Waals surface area contributed by atoms with E-state index >= 15 is 0 Å². The molecule has 0 aromatic heterocycles. The summed E-state index contributed by atoms with van der Waals surface area (Å²) in [5, 5.41) is 0. The van der Waals surface area contributed by atoms with Crippen molar-refractivity contribution in [3.8, 4) is 5.75 Å². The number of hydrogen-bond acceptors (Lipinski definition) is 3. The van der Waals surface area contributed by atoms with Gasteiger partial charge in [0.15, 0.2) is 0 Å². The normalized spacial score (nSPS) is 11.8. The minimum atomic E-state index is -3.38. The first-order valence-electron chi connectivity index (χ1n) is 6.45. The van der Waals surface area contributed by atoms with E-state index in [1.165, 1.54) is 5.56 Å². The largest absolute Gasteiger partial charge is 0.493 e. The number of unbranched alkanes of at least 4 members (excludes halogenated alkanes) is 1. The quantitative estimate of drug-likeness (QED) is 0.568. The highest BCUT2D eigenvalue weighted by molar-refractivity contribution is 8.13. The van der Waals surface area contributed by atoms with E-state index in [1.54, 1.807) is 0 Å². The van der Waals surface area contributed by atoms with Crippen molar-refractivity contribution in [2.24, 2.45) is 0 Å². The molecule has 0 spiro atoms. The summed E-state index contributed by atoms with van der Waals surface area (Å²) < 4.78 is 27.2. The molecule has 19 heavy (non-hydrogen) atoms. The molecule has 0 fully saturated rings. The van der Waals surface area contributed by atoms with Gasteiger partial charge >= 0.3 is 0 Å². The highest BCUT2D eigenvalue weighted by Gasteiger charge is 2.06. The molecule has 0 saturated heterocycles. The van der Waals surface area contributed by atoms with Crippen molar-refractivity contribution in [1.82, 2.24) is 0 Å². The smallest absolute Gasteiger partial charge is 0.232 e. The molecule has 0 bridgehead atoms. The number of halogens is 1. The molecule has 0 radical (unpaired) electrons. The average molecular weight is 305 g/mol. The fourth-order valence-corrected chi connectivity index (χ4v) is 2.57. The van der Waals surface area contributed by atoms with E-state index in [1.807, 2.05) is 13.0 Å². The van der Waals surface area contributed by atoms with Crippen molar-refractivity contribution in [3.63, 3.8) is 0 Å². The minimum Gasteiger partial charge on any atom is -0.493 e. The molecule has 0 atom stereocenters. The Morgan fingerprint density at radius 2 is 1.95 bits per heavy atom. The molecule has 0 unspecified atom stereocenters. The Kier molecular flexibility index (Phi) is 6.14. The van der Waals surface area contributed by atoms with Crippen LogP contribution in [0.15, 0.2) is 18.2 Å². The molecule has 0 aliphatic rings. The number of aryl methyl sites for hydroxylation is 1. The molecule has 0 amide bonds. The lowest BCUT2D eigenvalue weighted by Gasteiger charge is -2.12. The third kappa shape index (κ3) is 6.30. The fraction of sp³-hybridized carbons (Fsp3) is 0.571. The van der Waals surface area contributed by atoms with Crippen molar-refractivity contribution in [1.29, 1.82) is 0 Å². The van der Waals surface area contributed by atoms with E-state index in [2.05, 4.69) is 26.0 Å². The second-order valence-electron chi connectivity index (χ2n) is 4.98. The Morgan fingerprint density at radius 1 is 1.26 bits per heavy atom. The van der Waals surface area contributed by atoms with E-state index in [9.17, 15) is 8.42 Å². The summed E-state index contributed by atoms with van der Waals surface area (Å²) in [6, 6.07) is 6.21. The summed E-state index contributed by atoms with van der Waals surface area (Å²) in [6.07, 6.45) is 1.20. The Bertz CT molecular complexity index is 509. The molecule has 1 aromatic carbocycles. The van der Waals surface area contributed by atoms with Gasteiger partial charge in [-0.15, -0.1) is 0 Å². The first-order valence-corrected chi connectivity index (χ1v) is 8.93. The Balaban J connectivity index is 2.47. The number of ether oxygens (including phenoxy) is 1. The maximum Gasteiger partial charge on any atom is 0.232 e. The molecule has 0 aliphatic heterocycles. The van der Waals surface area contributed by atoms with Crippen molar-refractivity contribution in [3.05, 3.63) is 29.3 Å². The molecule has 5 heteroatoms. The average Bonchev–Trinajstić information content (AvgIpc) is 2.29. The molecule has 0 N–H and O–H groups in total. The molecule has 1 aromatic rings. The van der Waals surface area contributed by atoms with Crippen LogP contribution in [0.3, 0.4) is 0 Å². The molecular weight excluding hydrogens is 284 g/mol. The van der Waals surface area contributed by atoms with Crippen LogP contribution in [0, 0.1) is 6.92 Å². The van der Waals surface area contributed by atoms with Crippen LogP contribution in [-0.2, 0) is 9.05 Å². The van der Waals surface area contributed by atoms with Crippen molar-refractivity contribution in [2.75, 3.05) is 12.4 Å². The molecule has 0 heterocycles. The Hall–Kier alpha value is -0.740. The van der Waals surface area contributed by atoms with Gasteiger partial charge in [-0.3, -0.25) is 0 Å². The van der Waals surface area contributed by atoms with E-state index in [4.69, 9.17) is 15.4 Å². The number of rotatable bonds is 7. The maximum atomic E-state index is 10.8. The predicted octanol–water partition coefficient (Wildman–Crippen LogP) is 3.85. The lowest BCUT2D eigenvalue weighted by atomic mass is 10.0. The zero-order valence-electron chi connectivity index (χ0n) is 11.6. The van der Waals surface area contributed by atoms with Crippen molar-refractivity contribution < 1.29 is 13.2 Å². The van der Waals surface area contributed by atoms with Gasteiger partial charge in [0, 0.05) is 10.7 Å². The van der Waals surface area contributed by atoms with Crippen LogP contribution in [0.5, 0.6) is 5.75 Å². The zero-order valence-corrected chi connectivity index (χ0v) is 13.2. The highest BCUT2D eigenvalue weighted by atomic mass is 35.7. The third-order valence-electron chi connectivity index (χ3n) is 2.92. The van der Waals surface area contributed by atoms with Crippen LogP contribution in [0.1, 0.15) is 43.7 Å². The second-order valence-corrected chi connectivity index (χ2v) is 7.87. The van der Waals surface area contributed by atoms with Crippen LogP contribution in [-0.4, -0.2) is 20.8 Å². The van der Waals surface area contributed by atoms with Gasteiger partial charge in [0.05, 0.1) is 12.4 Å². The van der Waals surface area contributed by atoms with E-state index < -0.39 is 9.05 Å². The second kappa shape index (κ2) is 7.15. The summed E-state index contributed by atoms with van der Waals surface area (Å²) >= 11 is 0. The standard InChI is InChI=1S/C14H21ClO3S/c1-11(2)13-7-6-12(3)14(10-13)18-8-4-5-9-19(15,16)17/h6-7,10-11H,4-5,8-9H2,1-3H3. The third-order valence-corrected chi connectivity index (χ3v) is 4.16. The monoisotopic (exact) mass is 304 g/mol. The van der Waals surface area contributed by atoms with Gasteiger partial charge in [-0.2, -0.15) is 0 Å². The summed E-state index contributed by atoms with van der Waals surface area (Å²) in [5.41, 5.74) is 2.33. The highest BCUT2D eigenvalue weighted by Crippen LogP contribution is 2.24. The molecular formula is C14H21ClO3S.